The van der Waals surface area contributed by atoms with Crippen LogP contribution in [0.15, 0.2) is 35.5 Å². The third kappa shape index (κ3) is 3.70. The Morgan fingerprint density at radius 3 is 2.72 bits per heavy atom. The molecule has 0 bridgehead atoms. The summed E-state index contributed by atoms with van der Waals surface area (Å²) >= 11 is 0. The summed E-state index contributed by atoms with van der Waals surface area (Å²) in [5.74, 6) is -3.34. The van der Waals surface area contributed by atoms with Gasteiger partial charge in [0, 0.05) is 68.5 Å². The summed E-state index contributed by atoms with van der Waals surface area (Å²) in [6.07, 6.45) is 5.14. The number of hydrogen-bond acceptors (Lipinski definition) is 7. The lowest BCUT2D eigenvalue weighted by Crippen LogP contribution is -2.27. The highest BCUT2D eigenvalue weighted by molar-refractivity contribution is 6.18. The van der Waals surface area contributed by atoms with Gasteiger partial charge in [-0.3, -0.25) is 4.79 Å². The van der Waals surface area contributed by atoms with E-state index in [2.05, 4.69) is 20.3 Å². The molecule has 1 unspecified atom stereocenters. The largest absolute Gasteiger partial charge is 0.477 e. The molecular weight excluding hydrogens is 508 g/mol. The van der Waals surface area contributed by atoms with Crippen molar-refractivity contribution in [1.82, 2.24) is 19.5 Å². The highest BCUT2D eigenvalue weighted by Crippen LogP contribution is 2.44. The van der Waals surface area contributed by atoms with Crippen molar-refractivity contribution in [1.29, 1.82) is 0 Å². The zero-order valence-corrected chi connectivity index (χ0v) is 21.2. The second-order valence-electron chi connectivity index (χ2n) is 9.64. The predicted octanol–water partition coefficient (Wildman–Crippen LogP) is 3.67. The topological polar surface area (TPSA) is 142 Å². The Bertz CT molecular complexity index is 1880. The van der Waals surface area contributed by atoms with Gasteiger partial charge in [0.25, 0.3) is 0 Å². The highest BCUT2D eigenvalue weighted by Gasteiger charge is 2.29. The minimum Gasteiger partial charge on any atom is -0.477 e. The van der Waals surface area contributed by atoms with Crippen molar-refractivity contribution in [3.63, 3.8) is 0 Å². The SMILES string of the molecule is CCn1cc(C(=O)O)c(=O)c2cc(-c3cnc4[nH]c5c(NC)cc(F)c(F)c5c4c3N3CCC(N)C3)cnc21. The number of aryl methyl sites for hydroxylation is 1. The Balaban J connectivity index is 1.72. The van der Waals surface area contributed by atoms with Crippen LogP contribution in [0.25, 0.3) is 44.1 Å². The average molecular weight is 534 g/mol. The second kappa shape index (κ2) is 9.02. The van der Waals surface area contributed by atoms with Gasteiger partial charge < -0.3 is 30.6 Å². The van der Waals surface area contributed by atoms with Gasteiger partial charge in [0.1, 0.15) is 16.9 Å². The van der Waals surface area contributed by atoms with Crippen LogP contribution in [0.4, 0.5) is 20.2 Å². The van der Waals surface area contributed by atoms with Crippen molar-refractivity contribution in [3.8, 4) is 11.1 Å². The van der Waals surface area contributed by atoms with E-state index in [0.717, 1.165) is 6.07 Å². The molecule has 4 aromatic heterocycles. The normalized spacial score (nSPS) is 15.6. The molecule has 1 aliphatic rings. The summed E-state index contributed by atoms with van der Waals surface area (Å²) in [7, 11) is 1.62. The molecule has 10 nitrogen and oxygen atoms in total. The van der Waals surface area contributed by atoms with Crippen LogP contribution in [-0.2, 0) is 6.54 Å². The number of hydrogen-bond donors (Lipinski definition) is 4. The van der Waals surface area contributed by atoms with Gasteiger partial charge >= 0.3 is 5.97 Å². The minimum atomic E-state index is -1.33. The van der Waals surface area contributed by atoms with Crippen LogP contribution in [0.3, 0.4) is 0 Å². The van der Waals surface area contributed by atoms with Crippen LogP contribution in [-0.4, -0.2) is 56.8 Å². The predicted molar refractivity (Wildman–Crippen MR) is 145 cm³/mol. The number of nitrogens with zero attached hydrogens (tertiary/aromatic N) is 4. The second-order valence-corrected chi connectivity index (χ2v) is 9.64. The number of fused-ring (bicyclic) bond motifs is 4. The first-order valence-corrected chi connectivity index (χ1v) is 12.5. The molecule has 200 valence electrons. The first-order chi connectivity index (χ1) is 18.7. The van der Waals surface area contributed by atoms with Crippen LogP contribution in [0.5, 0.6) is 0 Å². The van der Waals surface area contributed by atoms with E-state index >= 15 is 4.39 Å². The fourth-order valence-corrected chi connectivity index (χ4v) is 5.48. The van der Waals surface area contributed by atoms with E-state index in [1.807, 2.05) is 11.8 Å². The van der Waals surface area contributed by atoms with Crippen molar-refractivity contribution in [2.45, 2.75) is 25.9 Å². The maximum absolute atomic E-state index is 15.4. The molecule has 0 radical (unpaired) electrons. The first kappa shape index (κ1) is 24.7. The van der Waals surface area contributed by atoms with Crippen LogP contribution in [0.1, 0.15) is 23.7 Å². The number of H-pyrrole nitrogens is 1. The summed E-state index contributed by atoms with van der Waals surface area (Å²) in [6.45, 7) is 3.27. The van der Waals surface area contributed by atoms with Crippen LogP contribution < -0.4 is 21.4 Å². The molecule has 1 fully saturated rings. The van der Waals surface area contributed by atoms with Crippen molar-refractivity contribution in [2.24, 2.45) is 5.73 Å². The standard InChI is InChI=1S/C27H25F2N7O3/c1-3-35-11-16(27(38)39)24(37)14-6-12(8-33-26(14)35)15-9-32-25-20(23(15)36-5-4-13(30)10-36)19-21(29)17(28)7-18(31-2)22(19)34-25/h6-9,11,13,31H,3-5,10,30H2,1-2H3,(H,32,34)(H,38,39). The summed E-state index contributed by atoms with van der Waals surface area (Å²) < 4.78 is 31.7. The third-order valence-corrected chi connectivity index (χ3v) is 7.37. The van der Waals surface area contributed by atoms with E-state index in [1.54, 1.807) is 30.1 Å². The molecule has 5 heterocycles. The Labute approximate surface area is 220 Å². The van der Waals surface area contributed by atoms with Gasteiger partial charge in [-0.05, 0) is 19.4 Å². The number of anilines is 2. The molecule has 0 saturated carbocycles. The van der Waals surface area contributed by atoms with Gasteiger partial charge in [-0.1, -0.05) is 0 Å². The number of carboxylic acids is 1. The van der Waals surface area contributed by atoms with Gasteiger partial charge in [0.2, 0.25) is 5.43 Å². The molecular formula is C27H25F2N7O3. The molecule has 1 aromatic carbocycles. The number of carboxylic acid groups (broad SMARTS) is 1. The number of carbonyl (C=O) groups is 1. The third-order valence-electron chi connectivity index (χ3n) is 7.37. The molecule has 0 aliphatic carbocycles. The molecule has 0 spiro atoms. The van der Waals surface area contributed by atoms with Gasteiger partial charge in [-0.2, -0.15) is 0 Å². The molecule has 5 aromatic rings. The minimum absolute atomic E-state index is 0.0504. The highest BCUT2D eigenvalue weighted by atomic mass is 19.2. The molecule has 5 N–H and O–H groups in total. The van der Waals surface area contributed by atoms with Gasteiger partial charge in [0.15, 0.2) is 11.6 Å². The number of halogens is 2. The lowest BCUT2D eigenvalue weighted by Gasteiger charge is -2.23. The van der Waals surface area contributed by atoms with E-state index < -0.39 is 23.0 Å². The maximum atomic E-state index is 15.4. The van der Waals surface area contributed by atoms with E-state index in [1.165, 1.54) is 6.20 Å². The first-order valence-electron chi connectivity index (χ1n) is 12.5. The fourth-order valence-electron chi connectivity index (χ4n) is 5.48. The summed E-state index contributed by atoms with van der Waals surface area (Å²) in [5, 5.41) is 13.1. The molecule has 1 aliphatic heterocycles. The number of aromatic nitrogens is 4. The Hall–Kier alpha value is -4.58. The Morgan fingerprint density at radius 2 is 2.05 bits per heavy atom. The number of nitrogens with one attached hydrogen (secondary N) is 2. The monoisotopic (exact) mass is 533 g/mol. The smallest absolute Gasteiger partial charge is 0.341 e. The molecule has 1 atom stereocenters. The lowest BCUT2D eigenvalue weighted by atomic mass is 10.0. The fraction of sp³-hybridized carbons (Fsp3) is 0.259. The van der Waals surface area contributed by atoms with Gasteiger partial charge in [-0.15, -0.1) is 0 Å². The number of nitrogens with two attached hydrogens (primary N) is 1. The summed E-state index contributed by atoms with van der Waals surface area (Å²) in [5.41, 5.74) is 8.25. The Kier molecular flexibility index (Phi) is 5.72. The van der Waals surface area contributed by atoms with E-state index in [9.17, 15) is 19.1 Å². The number of aromatic amines is 1. The Morgan fingerprint density at radius 1 is 1.26 bits per heavy atom. The van der Waals surface area contributed by atoms with Crippen molar-refractivity contribution in [2.75, 3.05) is 30.4 Å². The lowest BCUT2D eigenvalue weighted by molar-refractivity contribution is 0.0695. The quantitative estimate of drug-likeness (QED) is 0.268. The van der Waals surface area contributed by atoms with E-state index in [0.29, 0.717) is 70.8 Å². The van der Waals surface area contributed by atoms with Crippen molar-refractivity contribution in [3.05, 3.63) is 58.1 Å². The maximum Gasteiger partial charge on any atom is 0.341 e. The van der Waals surface area contributed by atoms with Crippen molar-refractivity contribution >= 4 is 50.3 Å². The zero-order chi connectivity index (χ0) is 27.6. The molecule has 12 heteroatoms. The van der Waals surface area contributed by atoms with Gasteiger partial charge in [0.05, 0.1) is 33.1 Å². The number of aromatic carboxylic acids is 1. The number of rotatable bonds is 5. The number of benzene rings is 1. The zero-order valence-electron chi connectivity index (χ0n) is 21.2. The van der Waals surface area contributed by atoms with Crippen LogP contribution in [0, 0.1) is 11.6 Å². The van der Waals surface area contributed by atoms with Crippen LogP contribution in [0.2, 0.25) is 0 Å². The number of pyridine rings is 3. The average Bonchev–Trinajstić information content (AvgIpc) is 3.54. The summed E-state index contributed by atoms with van der Waals surface area (Å²) in [6, 6.07) is 2.55. The molecule has 0 amide bonds. The van der Waals surface area contributed by atoms with E-state index in [4.69, 9.17) is 5.73 Å². The summed E-state index contributed by atoms with van der Waals surface area (Å²) in [4.78, 5) is 39.1. The van der Waals surface area contributed by atoms with Gasteiger partial charge in [-0.25, -0.2) is 23.5 Å². The molecule has 39 heavy (non-hydrogen) atoms. The van der Waals surface area contributed by atoms with Crippen LogP contribution >= 0.6 is 0 Å². The van der Waals surface area contributed by atoms with E-state index in [-0.39, 0.29) is 22.4 Å². The molecule has 6 rings (SSSR count). The molecule has 1 saturated heterocycles. The van der Waals surface area contributed by atoms with Crippen molar-refractivity contribution < 1.29 is 18.7 Å².